The lowest BCUT2D eigenvalue weighted by Gasteiger charge is -1.99. The summed E-state index contributed by atoms with van der Waals surface area (Å²) in [6, 6.07) is 9.03. The van der Waals surface area contributed by atoms with E-state index in [-0.39, 0.29) is 5.97 Å². The van der Waals surface area contributed by atoms with E-state index in [2.05, 4.69) is 6.92 Å². The summed E-state index contributed by atoms with van der Waals surface area (Å²) >= 11 is 0. The minimum atomic E-state index is -0.294. The van der Waals surface area contributed by atoms with Crippen LogP contribution in [0.4, 0.5) is 0 Å². The van der Waals surface area contributed by atoms with Crippen LogP contribution < -0.4 is 0 Å². The van der Waals surface area contributed by atoms with E-state index in [0.717, 1.165) is 6.42 Å². The fourth-order valence-electron chi connectivity index (χ4n) is 1.69. The van der Waals surface area contributed by atoms with Crippen molar-refractivity contribution in [2.24, 2.45) is 0 Å². The average molecular weight is 246 g/mol. The second-order valence-electron chi connectivity index (χ2n) is 4.35. The molecular formula is C16H22O2. The first-order valence-corrected chi connectivity index (χ1v) is 6.75. The lowest BCUT2D eigenvalue weighted by molar-refractivity contribution is 0.0662. The maximum atomic E-state index is 11.5. The van der Waals surface area contributed by atoms with Crippen LogP contribution in [0.15, 0.2) is 42.7 Å². The zero-order chi connectivity index (χ0) is 13.1. The van der Waals surface area contributed by atoms with Crippen LogP contribution in [0.1, 0.15) is 55.8 Å². The fourth-order valence-corrected chi connectivity index (χ4v) is 1.69. The molecule has 0 atom stereocenters. The summed E-state index contributed by atoms with van der Waals surface area (Å²) in [4.78, 5) is 11.5. The number of hydrogen-bond acceptors (Lipinski definition) is 2. The zero-order valence-electron chi connectivity index (χ0n) is 11.1. The zero-order valence-corrected chi connectivity index (χ0v) is 11.1. The Hall–Kier alpha value is -1.57. The lowest BCUT2D eigenvalue weighted by atomic mass is 10.1. The maximum Gasteiger partial charge on any atom is 0.342 e. The van der Waals surface area contributed by atoms with E-state index in [0.29, 0.717) is 5.56 Å². The lowest BCUT2D eigenvalue weighted by Crippen LogP contribution is -1.99. The van der Waals surface area contributed by atoms with Gasteiger partial charge in [0.15, 0.2) is 0 Å². The molecule has 0 aromatic heterocycles. The highest BCUT2D eigenvalue weighted by atomic mass is 16.5. The van der Waals surface area contributed by atoms with Gasteiger partial charge >= 0.3 is 5.97 Å². The molecule has 0 aliphatic heterocycles. The summed E-state index contributed by atoms with van der Waals surface area (Å²) < 4.78 is 5.04. The summed E-state index contributed by atoms with van der Waals surface area (Å²) in [5.41, 5.74) is 0.588. The maximum absolute atomic E-state index is 11.5. The molecular weight excluding hydrogens is 224 g/mol. The van der Waals surface area contributed by atoms with Crippen molar-refractivity contribution in [2.45, 2.75) is 45.4 Å². The van der Waals surface area contributed by atoms with E-state index in [1.165, 1.54) is 38.4 Å². The van der Waals surface area contributed by atoms with Crippen molar-refractivity contribution in [3.63, 3.8) is 0 Å². The van der Waals surface area contributed by atoms with E-state index in [1.54, 1.807) is 12.1 Å². The molecule has 0 saturated carbocycles. The molecule has 1 rings (SSSR count). The Balaban J connectivity index is 2.11. The first kappa shape index (κ1) is 14.5. The van der Waals surface area contributed by atoms with Crippen molar-refractivity contribution in [2.75, 3.05) is 0 Å². The van der Waals surface area contributed by atoms with Gasteiger partial charge in [0.25, 0.3) is 0 Å². The smallest absolute Gasteiger partial charge is 0.342 e. The third kappa shape index (κ3) is 6.24. The van der Waals surface area contributed by atoms with Crippen LogP contribution in [-0.2, 0) is 4.74 Å². The number of allylic oxidation sites excluding steroid dienone is 1. The molecule has 0 spiro atoms. The normalized spacial score (nSPS) is 10.7. The monoisotopic (exact) mass is 246 g/mol. The summed E-state index contributed by atoms with van der Waals surface area (Å²) in [5.74, 6) is -0.294. The molecule has 0 heterocycles. The third-order valence-electron chi connectivity index (χ3n) is 2.76. The van der Waals surface area contributed by atoms with Gasteiger partial charge in [-0.15, -0.1) is 0 Å². The number of rotatable bonds is 8. The van der Waals surface area contributed by atoms with Crippen molar-refractivity contribution >= 4 is 5.97 Å². The minimum Gasteiger partial charge on any atom is -0.431 e. The second-order valence-corrected chi connectivity index (χ2v) is 4.35. The summed E-state index contributed by atoms with van der Waals surface area (Å²) in [6.45, 7) is 2.21. The molecule has 0 saturated heterocycles. The highest BCUT2D eigenvalue weighted by molar-refractivity contribution is 5.89. The van der Waals surface area contributed by atoms with Gasteiger partial charge in [0, 0.05) is 0 Å². The van der Waals surface area contributed by atoms with Crippen molar-refractivity contribution in [1.82, 2.24) is 0 Å². The van der Waals surface area contributed by atoms with Gasteiger partial charge in [-0.2, -0.15) is 0 Å². The molecule has 0 amide bonds. The molecule has 0 bridgehead atoms. The molecule has 2 nitrogen and oxygen atoms in total. The van der Waals surface area contributed by atoms with E-state index in [1.807, 2.05) is 24.3 Å². The molecule has 0 unspecified atom stereocenters. The first-order valence-electron chi connectivity index (χ1n) is 6.75. The van der Waals surface area contributed by atoms with E-state index < -0.39 is 0 Å². The summed E-state index contributed by atoms with van der Waals surface area (Å²) in [7, 11) is 0. The minimum absolute atomic E-state index is 0.294. The second kappa shape index (κ2) is 9.46. The summed E-state index contributed by atoms with van der Waals surface area (Å²) in [5, 5.41) is 0. The van der Waals surface area contributed by atoms with Gasteiger partial charge in [-0.05, 0) is 31.1 Å². The molecule has 0 fully saturated rings. The quantitative estimate of drug-likeness (QED) is 0.377. The van der Waals surface area contributed by atoms with Crippen LogP contribution in [0.5, 0.6) is 0 Å². The number of ether oxygens (including phenoxy) is 1. The summed E-state index contributed by atoms with van der Waals surface area (Å²) in [6.07, 6.45) is 10.7. The first-order chi connectivity index (χ1) is 8.84. The van der Waals surface area contributed by atoms with Crippen molar-refractivity contribution < 1.29 is 9.53 Å². The number of benzene rings is 1. The number of carbonyl (C=O) groups excluding carboxylic acids is 1. The molecule has 1 aromatic carbocycles. The number of esters is 1. The molecule has 0 aliphatic rings. The largest absolute Gasteiger partial charge is 0.431 e. The van der Waals surface area contributed by atoms with E-state index in [4.69, 9.17) is 4.74 Å². The molecule has 0 N–H and O–H groups in total. The van der Waals surface area contributed by atoms with Gasteiger partial charge in [0.1, 0.15) is 0 Å². The molecule has 2 heteroatoms. The van der Waals surface area contributed by atoms with Crippen LogP contribution in [0.3, 0.4) is 0 Å². The van der Waals surface area contributed by atoms with Gasteiger partial charge in [-0.3, -0.25) is 0 Å². The third-order valence-corrected chi connectivity index (χ3v) is 2.76. The van der Waals surface area contributed by atoms with Gasteiger partial charge in [0.05, 0.1) is 11.8 Å². The van der Waals surface area contributed by atoms with Gasteiger partial charge in [-0.1, -0.05) is 50.8 Å². The van der Waals surface area contributed by atoms with E-state index >= 15 is 0 Å². The van der Waals surface area contributed by atoms with E-state index in [9.17, 15) is 4.79 Å². The SMILES string of the molecule is CCCCCCC/C=C/OC(=O)c1ccccc1. The highest BCUT2D eigenvalue weighted by Gasteiger charge is 2.02. The molecule has 18 heavy (non-hydrogen) atoms. The van der Waals surface area contributed by atoms with Crippen molar-refractivity contribution in [3.8, 4) is 0 Å². The Labute approximate surface area is 110 Å². The van der Waals surface area contributed by atoms with Crippen LogP contribution >= 0.6 is 0 Å². The predicted molar refractivity (Wildman–Crippen MR) is 74.4 cm³/mol. The van der Waals surface area contributed by atoms with Gasteiger partial charge in [-0.25, -0.2) is 4.79 Å². The van der Waals surface area contributed by atoms with Crippen LogP contribution in [0.25, 0.3) is 0 Å². The van der Waals surface area contributed by atoms with Crippen molar-refractivity contribution in [3.05, 3.63) is 48.2 Å². The average Bonchev–Trinajstić information content (AvgIpc) is 2.42. The molecule has 98 valence electrons. The Kier molecular flexibility index (Phi) is 7.61. The standard InChI is InChI=1S/C16H22O2/c1-2-3-4-5-6-7-11-14-18-16(17)15-12-9-8-10-13-15/h8-14H,2-7H2,1H3/b14-11+. The number of hydrogen-bond donors (Lipinski definition) is 0. The topological polar surface area (TPSA) is 26.3 Å². The van der Waals surface area contributed by atoms with Crippen molar-refractivity contribution in [1.29, 1.82) is 0 Å². The van der Waals surface area contributed by atoms with Gasteiger partial charge in [0.2, 0.25) is 0 Å². The fraction of sp³-hybridized carbons (Fsp3) is 0.438. The molecule has 0 radical (unpaired) electrons. The Morgan fingerprint density at radius 3 is 2.56 bits per heavy atom. The highest BCUT2D eigenvalue weighted by Crippen LogP contribution is 2.06. The van der Waals surface area contributed by atoms with Gasteiger partial charge < -0.3 is 4.74 Å². The number of unbranched alkanes of at least 4 members (excludes halogenated alkanes) is 5. The van der Waals surface area contributed by atoms with Crippen LogP contribution in [-0.4, -0.2) is 5.97 Å². The van der Waals surface area contributed by atoms with Crippen LogP contribution in [0.2, 0.25) is 0 Å². The number of carbonyl (C=O) groups is 1. The Morgan fingerprint density at radius 1 is 1.11 bits per heavy atom. The predicted octanol–water partition coefficient (Wildman–Crippen LogP) is 4.72. The Bertz CT molecular complexity index is 355. The molecule has 0 aliphatic carbocycles. The molecule has 1 aromatic rings. The Morgan fingerprint density at radius 2 is 1.83 bits per heavy atom. The van der Waals surface area contributed by atoms with Crippen LogP contribution in [0, 0.1) is 0 Å².